The van der Waals surface area contributed by atoms with Gasteiger partial charge < -0.3 is 9.15 Å². The molecule has 1 aromatic heterocycles. The van der Waals surface area contributed by atoms with Crippen LogP contribution in [0.15, 0.2) is 64.0 Å². The van der Waals surface area contributed by atoms with E-state index in [2.05, 4.69) is 4.99 Å². The van der Waals surface area contributed by atoms with Crippen LogP contribution in [0.25, 0.3) is 11.3 Å². The Labute approximate surface area is 154 Å². The summed E-state index contributed by atoms with van der Waals surface area (Å²) in [5.41, 5.74) is 1.64. The van der Waals surface area contributed by atoms with Crippen molar-refractivity contribution in [3.63, 3.8) is 0 Å². The zero-order chi connectivity index (χ0) is 17.8. The molecular weight excluding hydrogens is 361 g/mol. The van der Waals surface area contributed by atoms with E-state index in [4.69, 9.17) is 32.4 Å². The Morgan fingerprint density at radius 2 is 1.88 bits per heavy atom. The third-order valence-corrected chi connectivity index (χ3v) is 3.90. The van der Waals surface area contributed by atoms with Crippen LogP contribution in [0.3, 0.4) is 0 Å². The molecule has 0 saturated heterocycles. The number of nitrogens with zero attached hydrogens (tertiary/aromatic N) is 1. The Bertz CT molecular complexity index is 947. The van der Waals surface area contributed by atoms with Gasteiger partial charge in [0.05, 0.1) is 24.6 Å². The van der Waals surface area contributed by atoms with Crippen LogP contribution in [0.5, 0.6) is 0 Å². The minimum atomic E-state index is -0.461. The summed E-state index contributed by atoms with van der Waals surface area (Å²) in [4.78, 5) is 16.2. The molecule has 4 nitrogen and oxygen atoms in total. The van der Waals surface area contributed by atoms with Gasteiger partial charge in [0.25, 0.3) is 0 Å². The van der Waals surface area contributed by atoms with Gasteiger partial charge in [-0.15, -0.1) is 0 Å². The number of carbonyl (C=O) groups excluding carboxylic acids is 1. The molecule has 0 bridgehead atoms. The second-order valence-electron chi connectivity index (χ2n) is 5.12. The molecule has 0 spiro atoms. The van der Waals surface area contributed by atoms with Crippen LogP contribution in [0, 0.1) is 0 Å². The second-order valence-corrected chi connectivity index (χ2v) is 5.99. The fraction of sp³-hybridized carbons (Fsp3) is 0.0526. The molecule has 2 aromatic carbocycles. The lowest BCUT2D eigenvalue weighted by Crippen LogP contribution is -2.03. The van der Waals surface area contributed by atoms with Gasteiger partial charge in [-0.1, -0.05) is 29.3 Å². The number of esters is 1. The van der Waals surface area contributed by atoms with Crippen LogP contribution >= 0.6 is 23.2 Å². The monoisotopic (exact) mass is 373 g/mol. The van der Waals surface area contributed by atoms with E-state index in [0.29, 0.717) is 38.4 Å². The molecule has 126 valence electrons. The van der Waals surface area contributed by atoms with Gasteiger partial charge in [-0.25, -0.2) is 4.79 Å². The summed E-state index contributed by atoms with van der Waals surface area (Å²) in [6, 6.07) is 15.6. The summed E-state index contributed by atoms with van der Waals surface area (Å²) in [6.45, 7) is 0. The number of ether oxygens (including phenoxy) is 1. The summed E-state index contributed by atoms with van der Waals surface area (Å²) < 4.78 is 10.6. The van der Waals surface area contributed by atoms with Crippen LogP contribution in [-0.4, -0.2) is 19.3 Å². The number of hydrogen-bond donors (Lipinski definition) is 0. The molecular formula is C19H13Cl2NO3. The number of halogens is 2. The second kappa shape index (κ2) is 7.55. The quantitative estimate of drug-likeness (QED) is 0.429. The van der Waals surface area contributed by atoms with E-state index in [1.807, 2.05) is 12.1 Å². The van der Waals surface area contributed by atoms with E-state index in [0.717, 1.165) is 0 Å². The standard InChI is InChI=1S/C19H13Cl2NO3/c1-24-19(23)16-7-5-13(21)10-17(16)18-8-6-15(25-18)11-22-14-4-2-3-12(20)9-14/h2-11H,1H3. The smallest absolute Gasteiger partial charge is 0.338 e. The van der Waals surface area contributed by atoms with E-state index in [-0.39, 0.29) is 0 Å². The normalized spacial score (nSPS) is 11.0. The van der Waals surface area contributed by atoms with Crippen LogP contribution in [0.2, 0.25) is 10.0 Å². The molecule has 0 aliphatic rings. The fourth-order valence-electron chi connectivity index (χ4n) is 2.27. The molecule has 0 fully saturated rings. The Balaban J connectivity index is 1.91. The zero-order valence-electron chi connectivity index (χ0n) is 13.2. The van der Waals surface area contributed by atoms with E-state index in [1.165, 1.54) is 7.11 Å². The van der Waals surface area contributed by atoms with Crippen LogP contribution in [0.1, 0.15) is 16.1 Å². The topological polar surface area (TPSA) is 51.8 Å². The summed E-state index contributed by atoms with van der Waals surface area (Å²) in [5, 5.41) is 1.10. The van der Waals surface area contributed by atoms with Crippen molar-refractivity contribution in [3.8, 4) is 11.3 Å². The molecule has 3 aromatic rings. The van der Waals surface area contributed by atoms with Gasteiger partial charge in [-0.3, -0.25) is 4.99 Å². The molecule has 6 heteroatoms. The third-order valence-electron chi connectivity index (χ3n) is 3.43. The minimum absolute atomic E-state index is 0.375. The highest BCUT2D eigenvalue weighted by atomic mass is 35.5. The highest BCUT2D eigenvalue weighted by Gasteiger charge is 2.16. The molecule has 0 unspecified atom stereocenters. The zero-order valence-corrected chi connectivity index (χ0v) is 14.7. The van der Waals surface area contributed by atoms with E-state index < -0.39 is 5.97 Å². The van der Waals surface area contributed by atoms with Crippen molar-refractivity contribution >= 4 is 41.1 Å². The Hall–Kier alpha value is -2.56. The fourth-order valence-corrected chi connectivity index (χ4v) is 2.63. The summed E-state index contributed by atoms with van der Waals surface area (Å²) >= 11 is 12.0. The van der Waals surface area contributed by atoms with Crippen LogP contribution < -0.4 is 0 Å². The van der Waals surface area contributed by atoms with Crippen molar-refractivity contribution in [3.05, 3.63) is 76.0 Å². The maximum atomic E-state index is 11.9. The van der Waals surface area contributed by atoms with Crippen LogP contribution in [0.4, 0.5) is 5.69 Å². The van der Waals surface area contributed by atoms with Crippen molar-refractivity contribution in [2.45, 2.75) is 0 Å². The van der Waals surface area contributed by atoms with Crippen molar-refractivity contribution in [1.82, 2.24) is 0 Å². The molecule has 0 radical (unpaired) electrons. The van der Waals surface area contributed by atoms with Gasteiger partial charge in [0, 0.05) is 15.6 Å². The number of rotatable bonds is 4. The largest absolute Gasteiger partial charge is 0.465 e. The minimum Gasteiger partial charge on any atom is -0.465 e. The molecule has 25 heavy (non-hydrogen) atoms. The number of furan rings is 1. The average Bonchev–Trinajstić information content (AvgIpc) is 3.08. The van der Waals surface area contributed by atoms with Gasteiger partial charge in [0.1, 0.15) is 11.5 Å². The number of methoxy groups -OCH3 is 1. The lowest BCUT2D eigenvalue weighted by Gasteiger charge is -2.06. The lowest BCUT2D eigenvalue weighted by atomic mass is 10.1. The number of benzene rings is 2. The molecule has 0 aliphatic carbocycles. The Kier molecular flexibility index (Phi) is 5.22. The number of hydrogen-bond acceptors (Lipinski definition) is 4. The number of carbonyl (C=O) groups is 1. The maximum absolute atomic E-state index is 11.9. The SMILES string of the molecule is COC(=O)c1ccc(Cl)cc1-c1ccc(C=Nc2cccc(Cl)c2)o1. The van der Waals surface area contributed by atoms with Crippen molar-refractivity contribution in [2.75, 3.05) is 7.11 Å². The first kappa shape index (κ1) is 17.3. The summed E-state index contributed by atoms with van der Waals surface area (Å²) in [5.74, 6) is 0.568. The molecule has 1 heterocycles. The molecule has 0 N–H and O–H groups in total. The van der Waals surface area contributed by atoms with Crippen molar-refractivity contribution in [2.24, 2.45) is 4.99 Å². The van der Waals surface area contributed by atoms with Gasteiger partial charge in [0.15, 0.2) is 0 Å². The first-order valence-electron chi connectivity index (χ1n) is 7.34. The van der Waals surface area contributed by atoms with E-state index in [9.17, 15) is 4.79 Å². The first-order valence-corrected chi connectivity index (χ1v) is 8.10. The Morgan fingerprint density at radius 3 is 2.64 bits per heavy atom. The summed E-state index contributed by atoms with van der Waals surface area (Å²) in [6.07, 6.45) is 1.58. The third kappa shape index (κ3) is 4.10. The van der Waals surface area contributed by atoms with Crippen LogP contribution in [-0.2, 0) is 4.74 Å². The maximum Gasteiger partial charge on any atom is 0.338 e. The highest BCUT2D eigenvalue weighted by Crippen LogP contribution is 2.29. The highest BCUT2D eigenvalue weighted by molar-refractivity contribution is 6.31. The summed E-state index contributed by atoms with van der Waals surface area (Å²) in [7, 11) is 1.33. The molecule has 0 aliphatic heterocycles. The first-order chi connectivity index (χ1) is 12.1. The van der Waals surface area contributed by atoms with E-state index >= 15 is 0 Å². The molecule has 3 rings (SSSR count). The van der Waals surface area contributed by atoms with E-state index in [1.54, 1.807) is 48.7 Å². The molecule has 0 amide bonds. The molecule has 0 saturated carbocycles. The average molecular weight is 374 g/mol. The van der Waals surface area contributed by atoms with Gasteiger partial charge in [-0.2, -0.15) is 0 Å². The van der Waals surface area contributed by atoms with Gasteiger partial charge in [-0.05, 0) is 48.5 Å². The Morgan fingerprint density at radius 1 is 1.08 bits per heavy atom. The van der Waals surface area contributed by atoms with Crippen molar-refractivity contribution < 1.29 is 13.9 Å². The van der Waals surface area contributed by atoms with Crippen molar-refractivity contribution in [1.29, 1.82) is 0 Å². The number of aliphatic imine (C=N–C) groups is 1. The van der Waals surface area contributed by atoms with Gasteiger partial charge in [0.2, 0.25) is 0 Å². The predicted octanol–water partition coefficient (Wildman–Crippen LogP) is 5.79. The predicted molar refractivity (Wildman–Crippen MR) is 99.2 cm³/mol. The lowest BCUT2D eigenvalue weighted by molar-refractivity contribution is 0.0601. The van der Waals surface area contributed by atoms with Gasteiger partial charge >= 0.3 is 5.97 Å². The molecule has 0 atom stereocenters.